The summed E-state index contributed by atoms with van der Waals surface area (Å²) < 4.78 is 5.49. The maximum atomic E-state index is 5.49. The fourth-order valence-electron chi connectivity index (χ4n) is 1.71. The molecule has 0 saturated heterocycles. The monoisotopic (exact) mass is 215 g/mol. The first-order valence-electron chi connectivity index (χ1n) is 5.65. The van der Waals surface area contributed by atoms with E-state index in [1.165, 1.54) is 16.7 Å². The zero-order valence-electron chi connectivity index (χ0n) is 9.79. The van der Waals surface area contributed by atoms with E-state index in [1.54, 1.807) is 6.26 Å². The van der Waals surface area contributed by atoms with Crippen LogP contribution in [0.25, 0.3) is 11.1 Å². The zero-order valence-corrected chi connectivity index (χ0v) is 9.79. The predicted octanol–water partition coefficient (Wildman–Crippen LogP) is 3.36. The van der Waals surface area contributed by atoms with Crippen LogP contribution in [0.5, 0.6) is 0 Å². The Morgan fingerprint density at radius 1 is 1.12 bits per heavy atom. The van der Waals surface area contributed by atoms with Gasteiger partial charge < -0.3 is 9.73 Å². The minimum Gasteiger partial charge on any atom is -0.467 e. The standard InChI is InChI=1S/C14H17NO/c1-3-15-10-14-13(8-9-16-14)12-6-4-11(2)5-7-12/h4-9,15H,3,10H2,1-2H3. The molecule has 0 aliphatic carbocycles. The maximum Gasteiger partial charge on any atom is 0.125 e. The van der Waals surface area contributed by atoms with E-state index in [2.05, 4.69) is 43.4 Å². The molecule has 1 aromatic heterocycles. The van der Waals surface area contributed by atoms with Gasteiger partial charge in [-0.1, -0.05) is 36.8 Å². The SMILES string of the molecule is CCNCc1occc1-c1ccc(C)cc1. The molecule has 0 aliphatic heterocycles. The van der Waals surface area contributed by atoms with Crippen molar-refractivity contribution in [1.29, 1.82) is 0 Å². The van der Waals surface area contributed by atoms with Gasteiger partial charge in [-0.2, -0.15) is 0 Å². The van der Waals surface area contributed by atoms with Gasteiger partial charge >= 0.3 is 0 Å². The van der Waals surface area contributed by atoms with E-state index in [1.807, 2.05) is 6.07 Å². The molecule has 1 aromatic carbocycles. The van der Waals surface area contributed by atoms with E-state index in [0.717, 1.165) is 18.8 Å². The fourth-order valence-corrected chi connectivity index (χ4v) is 1.71. The molecule has 1 heterocycles. The number of hydrogen-bond donors (Lipinski definition) is 1. The Labute approximate surface area is 96.3 Å². The first kappa shape index (κ1) is 11.0. The van der Waals surface area contributed by atoms with Gasteiger partial charge in [-0.05, 0) is 25.1 Å². The molecule has 0 saturated carbocycles. The highest BCUT2D eigenvalue weighted by Gasteiger charge is 2.07. The summed E-state index contributed by atoms with van der Waals surface area (Å²) in [5.41, 5.74) is 3.67. The number of nitrogens with one attached hydrogen (secondary N) is 1. The van der Waals surface area contributed by atoms with Crippen molar-refractivity contribution in [3.63, 3.8) is 0 Å². The van der Waals surface area contributed by atoms with Crippen LogP contribution in [0.3, 0.4) is 0 Å². The number of benzene rings is 1. The average Bonchev–Trinajstić information content (AvgIpc) is 2.75. The van der Waals surface area contributed by atoms with Gasteiger partial charge in [0.15, 0.2) is 0 Å². The molecule has 0 bridgehead atoms. The Morgan fingerprint density at radius 3 is 2.56 bits per heavy atom. The second kappa shape index (κ2) is 4.99. The van der Waals surface area contributed by atoms with E-state index in [0.29, 0.717) is 0 Å². The van der Waals surface area contributed by atoms with Gasteiger partial charge in [0.2, 0.25) is 0 Å². The smallest absolute Gasteiger partial charge is 0.125 e. The van der Waals surface area contributed by atoms with Crippen LogP contribution in [-0.2, 0) is 6.54 Å². The van der Waals surface area contributed by atoms with Crippen molar-refractivity contribution in [2.75, 3.05) is 6.54 Å². The van der Waals surface area contributed by atoms with Gasteiger partial charge in [0, 0.05) is 5.56 Å². The van der Waals surface area contributed by atoms with Gasteiger partial charge in [-0.3, -0.25) is 0 Å². The Bertz CT molecular complexity index is 442. The second-order valence-electron chi connectivity index (χ2n) is 3.90. The summed E-state index contributed by atoms with van der Waals surface area (Å²) in [5.74, 6) is 1.01. The van der Waals surface area contributed by atoms with Crippen molar-refractivity contribution < 1.29 is 4.42 Å². The minimum atomic E-state index is 0.784. The van der Waals surface area contributed by atoms with Crippen LogP contribution < -0.4 is 5.32 Å². The molecule has 0 amide bonds. The molecule has 2 aromatic rings. The molecule has 0 aliphatic rings. The van der Waals surface area contributed by atoms with E-state index in [9.17, 15) is 0 Å². The summed E-state index contributed by atoms with van der Waals surface area (Å²) in [5, 5.41) is 3.28. The Hall–Kier alpha value is -1.54. The minimum absolute atomic E-state index is 0.784. The number of hydrogen-bond acceptors (Lipinski definition) is 2. The van der Waals surface area contributed by atoms with E-state index >= 15 is 0 Å². The molecule has 0 atom stereocenters. The molecule has 84 valence electrons. The molecule has 2 heteroatoms. The molecular weight excluding hydrogens is 198 g/mol. The third kappa shape index (κ3) is 2.34. The van der Waals surface area contributed by atoms with Crippen molar-refractivity contribution in [2.24, 2.45) is 0 Å². The lowest BCUT2D eigenvalue weighted by Crippen LogP contribution is -2.11. The molecule has 2 nitrogen and oxygen atoms in total. The number of rotatable bonds is 4. The third-order valence-electron chi connectivity index (χ3n) is 2.64. The molecule has 0 unspecified atom stereocenters. The molecule has 2 rings (SSSR count). The highest BCUT2D eigenvalue weighted by Crippen LogP contribution is 2.25. The molecule has 1 N–H and O–H groups in total. The number of furan rings is 1. The van der Waals surface area contributed by atoms with Gasteiger partial charge in [-0.15, -0.1) is 0 Å². The average molecular weight is 215 g/mol. The maximum absolute atomic E-state index is 5.49. The Morgan fingerprint density at radius 2 is 1.88 bits per heavy atom. The fraction of sp³-hybridized carbons (Fsp3) is 0.286. The lowest BCUT2D eigenvalue weighted by molar-refractivity contribution is 0.489. The van der Waals surface area contributed by atoms with Crippen LogP contribution in [-0.4, -0.2) is 6.54 Å². The van der Waals surface area contributed by atoms with E-state index in [-0.39, 0.29) is 0 Å². The first-order valence-corrected chi connectivity index (χ1v) is 5.65. The Balaban J connectivity index is 2.26. The summed E-state index contributed by atoms with van der Waals surface area (Å²) in [7, 11) is 0. The van der Waals surface area contributed by atoms with Crippen LogP contribution in [0, 0.1) is 6.92 Å². The normalized spacial score (nSPS) is 10.6. The van der Waals surface area contributed by atoms with Crippen molar-refractivity contribution in [3.8, 4) is 11.1 Å². The first-order chi connectivity index (χ1) is 7.81. The molecule has 16 heavy (non-hydrogen) atoms. The summed E-state index contributed by atoms with van der Waals surface area (Å²) in [6, 6.07) is 10.5. The number of aryl methyl sites for hydroxylation is 1. The van der Waals surface area contributed by atoms with Crippen molar-refractivity contribution in [1.82, 2.24) is 5.32 Å². The summed E-state index contributed by atoms with van der Waals surface area (Å²) >= 11 is 0. The summed E-state index contributed by atoms with van der Waals surface area (Å²) in [6.45, 7) is 5.92. The molecule has 0 radical (unpaired) electrons. The predicted molar refractivity (Wildman–Crippen MR) is 66.3 cm³/mol. The lowest BCUT2D eigenvalue weighted by Gasteiger charge is -2.03. The van der Waals surface area contributed by atoms with Gasteiger partial charge in [0.1, 0.15) is 5.76 Å². The molecule has 0 spiro atoms. The highest BCUT2D eigenvalue weighted by molar-refractivity contribution is 5.65. The van der Waals surface area contributed by atoms with Crippen molar-refractivity contribution >= 4 is 0 Å². The van der Waals surface area contributed by atoms with Crippen LogP contribution in [0.1, 0.15) is 18.2 Å². The van der Waals surface area contributed by atoms with Gasteiger partial charge in [0.25, 0.3) is 0 Å². The largest absolute Gasteiger partial charge is 0.467 e. The van der Waals surface area contributed by atoms with E-state index in [4.69, 9.17) is 4.42 Å². The molecule has 0 fully saturated rings. The quantitative estimate of drug-likeness (QED) is 0.846. The van der Waals surface area contributed by atoms with Crippen LogP contribution >= 0.6 is 0 Å². The summed E-state index contributed by atoms with van der Waals surface area (Å²) in [6.07, 6.45) is 1.75. The van der Waals surface area contributed by atoms with Gasteiger partial charge in [-0.25, -0.2) is 0 Å². The Kier molecular flexibility index (Phi) is 3.42. The van der Waals surface area contributed by atoms with Crippen LogP contribution in [0.15, 0.2) is 41.0 Å². The van der Waals surface area contributed by atoms with Crippen molar-refractivity contribution in [3.05, 3.63) is 47.9 Å². The molecular formula is C14H17NO. The highest BCUT2D eigenvalue weighted by atomic mass is 16.3. The van der Waals surface area contributed by atoms with Crippen LogP contribution in [0.4, 0.5) is 0 Å². The van der Waals surface area contributed by atoms with Crippen LogP contribution in [0.2, 0.25) is 0 Å². The zero-order chi connectivity index (χ0) is 11.4. The van der Waals surface area contributed by atoms with E-state index < -0.39 is 0 Å². The van der Waals surface area contributed by atoms with Crippen molar-refractivity contribution in [2.45, 2.75) is 20.4 Å². The topological polar surface area (TPSA) is 25.2 Å². The van der Waals surface area contributed by atoms with Gasteiger partial charge in [0.05, 0.1) is 12.8 Å². The second-order valence-corrected chi connectivity index (χ2v) is 3.90. The lowest BCUT2D eigenvalue weighted by atomic mass is 10.0. The summed E-state index contributed by atoms with van der Waals surface area (Å²) in [4.78, 5) is 0. The third-order valence-corrected chi connectivity index (χ3v) is 2.64.